The Kier molecular flexibility index (Phi) is 6.30. The van der Waals surface area contributed by atoms with E-state index in [-0.39, 0.29) is 30.2 Å². The Bertz CT molecular complexity index is 1100. The summed E-state index contributed by atoms with van der Waals surface area (Å²) >= 11 is 0. The normalized spacial score (nSPS) is 16.5. The summed E-state index contributed by atoms with van der Waals surface area (Å²) in [5, 5.41) is 7.09. The number of nitrogens with zero attached hydrogens (tertiary/aromatic N) is 4. The van der Waals surface area contributed by atoms with E-state index in [1.165, 1.54) is 5.56 Å². The van der Waals surface area contributed by atoms with Crippen molar-refractivity contribution >= 4 is 11.8 Å². The first kappa shape index (κ1) is 21.7. The smallest absolute Gasteiger partial charge is 0.249 e. The molecule has 0 saturated heterocycles. The number of fused-ring (bicyclic) bond motifs is 1. The predicted octanol–water partition coefficient (Wildman–Crippen LogP) is 3.48. The Morgan fingerprint density at radius 2 is 2.03 bits per heavy atom. The van der Waals surface area contributed by atoms with Gasteiger partial charge in [0.25, 0.3) is 0 Å². The van der Waals surface area contributed by atoms with Gasteiger partial charge in [0.05, 0.1) is 12.5 Å². The van der Waals surface area contributed by atoms with Crippen LogP contribution in [0, 0.1) is 5.92 Å². The standard InChI is InChI=1S/C24H27N5O3/c1-15(2)22(24-27-23(28-32-24)18-8-6-11-25-14-18)26-21(31)13-20-19-9-5-4-7-17(19)10-12-29(20)16(3)30/h4-9,11,14-15,20,22H,10,12-13H2,1-3H3,(H,26,31). The number of carbonyl (C=O) groups is 2. The first-order valence-corrected chi connectivity index (χ1v) is 10.8. The summed E-state index contributed by atoms with van der Waals surface area (Å²) in [6, 6.07) is 10.9. The molecule has 0 aliphatic carbocycles. The van der Waals surface area contributed by atoms with Gasteiger partial charge in [-0.15, -0.1) is 0 Å². The zero-order valence-electron chi connectivity index (χ0n) is 18.5. The number of pyridine rings is 1. The highest BCUT2D eigenvalue weighted by Gasteiger charge is 2.32. The predicted molar refractivity (Wildman–Crippen MR) is 118 cm³/mol. The maximum absolute atomic E-state index is 13.1. The first-order valence-electron chi connectivity index (χ1n) is 10.8. The summed E-state index contributed by atoms with van der Waals surface area (Å²) in [5.41, 5.74) is 2.95. The lowest BCUT2D eigenvalue weighted by molar-refractivity contribution is -0.133. The average molecular weight is 434 g/mol. The van der Waals surface area contributed by atoms with Crippen molar-refractivity contribution in [1.82, 2.24) is 25.3 Å². The van der Waals surface area contributed by atoms with Gasteiger partial charge >= 0.3 is 0 Å². The second kappa shape index (κ2) is 9.30. The van der Waals surface area contributed by atoms with Crippen LogP contribution in [0.15, 0.2) is 53.3 Å². The molecule has 2 atom stereocenters. The van der Waals surface area contributed by atoms with Crippen LogP contribution in [-0.2, 0) is 16.0 Å². The Hall–Kier alpha value is -3.55. The van der Waals surface area contributed by atoms with Crippen LogP contribution in [0.4, 0.5) is 0 Å². The van der Waals surface area contributed by atoms with Gasteiger partial charge in [0.1, 0.15) is 6.04 Å². The molecule has 0 fully saturated rings. The van der Waals surface area contributed by atoms with Crippen LogP contribution in [-0.4, -0.2) is 38.4 Å². The highest BCUT2D eigenvalue weighted by molar-refractivity contribution is 5.80. The summed E-state index contributed by atoms with van der Waals surface area (Å²) in [5.74, 6) is 0.605. The van der Waals surface area contributed by atoms with Crippen molar-refractivity contribution in [2.75, 3.05) is 6.54 Å². The molecule has 166 valence electrons. The highest BCUT2D eigenvalue weighted by Crippen LogP contribution is 2.33. The largest absolute Gasteiger partial charge is 0.344 e. The number of hydrogen-bond acceptors (Lipinski definition) is 6. The molecule has 8 nitrogen and oxygen atoms in total. The molecule has 1 N–H and O–H groups in total. The summed E-state index contributed by atoms with van der Waals surface area (Å²) < 4.78 is 5.48. The number of nitrogens with one attached hydrogen (secondary N) is 1. The van der Waals surface area contributed by atoms with Crippen molar-refractivity contribution in [1.29, 1.82) is 0 Å². The van der Waals surface area contributed by atoms with E-state index in [1.54, 1.807) is 30.3 Å². The van der Waals surface area contributed by atoms with Gasteiger partial charge < -0.3 is 14.7 Å². The summed E-state index contributed by atoms with van der Waals surface area (Å²) in [6.07, 6.45) is 4.30. The number of rotatable bonds is 6. The minimum Gasteiger partial charge on any atom is -0.344 e. The number of hydrogen-bond donors (Lipinski definition) is 1. The molecule has 32 heavy (non-hydrogen) atoms. The maximum Gasteiger partial charge on any atom is 0.249 e. The lowest BCUT2D eigenvalue weighted by Gasteiger charge is -2.36. The highest BCUT2D eigenvalue weighted by atomic mass is 16.5. The molecule has 1 aliphatic rings. The van der Waals surface area contributed by atoms with Gasteiger partial charge in [0.2, 0.25) is 23.5 Å². The lowest BCUT2D eigenvalue weighted by Crippen LogP contribution is -2.42. The molecule has 2 aromatic heterocycles. The Morgan fingerprint density at radius 1 is 1.22 bits per heavy atom. The van der Waals surface area contributed by atoms with Gasteiger partial charge in [0.15, 0.2) is 0 Å². The molecule has 1 aromatic carbocycles. The van der Waals surface area contributed by atoms with Crippen molar-refractivity contribution in [2.45, 2.75) is 45.7 Å². The first-order chi connectivity index (χ1) is 15.4. The molecule has 0 bridgehead atoms. The Labute approximate surface area is 187 Å². The van der Waals surface area contributed by atoms with E-state index >= 15 is 0 Å². The molecule has 0 saturated carbocycles. The molecule has 8 heteroatoms. The van der Waals surface area contributed by atoms with Crippen LogP contribution in [0.2, 0.25) is 0 Å². The molecule has 0 radical (unpaired) electrons. The third kappa shape index (κ3) is 4.54. The lowest BCUT2D eigenvalue weighted by atomic mass is 9.90. The van der Waals surface area contributed by atoms with E-state index in [1.807, 2.05) is 38.1 Å². The van der Waals surface area contributed by atoms with E-state index < -0.39 is 6.04 Å². The molecular formula is C24H27N5O3. The Balaban J connectivity index is 1.53. The number of aromatic nitrogens is 3. The van der Waals surface area contributed by atoms with Crippen molar-refractivity contribution in [3.8, 4) is 11.4 Å². The van der Waals surface area contributed by atoms with Crippen LogP contribution >= 0.6 is 0 Å². The van der Waals surface area contributed by atoms with E-state index in [0.29, 0.717) is 18.3 Å². The van der Waals surface area contributed by atoms with Crippen LogP contribution in [0.3, 0.4) is 0 Å². The molecule has 0 spiro atoms. The summed E-state index contributed by atoms with van der Waals surface area (Å²) in [6.45, 7) is 6.12. The van der Waals surface area contributed by atoms with Gasteiger partial charge in [0, 0.05) is 31.4 Å². The minimum atomic E-state index is -0.440. The fourth-order valence-corrected chi connectivity index (χ4v) is 4.14. The van der Waals surface area contributed by atoms with Crippen molar-refractivity contribution in [3.05, 3.63) is 65.8 Å². The van der Waals surface area contributed by atoms with Crippen LogP contribution in [0.25, 0.3) is 11.4 Å². The van der Waals surface area contributed by atoms with Gasteiger partial charge in [-0.2, -0.15) is 4.98 Å². The maximum atomic E-state index is 13.1. The van der Waals surface area contributed by atoms with Gasteiger partial charge in [-0.3, -0.25) is 14.6 Å². The number of amides is 2. The minimum absolute atomic E-state index is 0.0312. The van der Waals surface area contributed by atoms with Gasteiger partial charge in [-0.1, -0.05) is 43.3 Å². The molecule has 3 aromatic rings. The molecule has 4 rings (SSSR count). The molecule has 1 aliphatic heterocycles. The van der Waals surface area contributed by atoms with Crippen molar-refractivity contribution < 1.29 is 14.1 Å². The van der Waals surface area contributed by atoms with Crippen LogP contribution in [0.1, 0.15) is 56.3 Å². The van der Waals surface area contributed by atoms with Gasteiger partial charge in [-0.05, 0) is 35.6 Å². The average Bonchev–Trinajstić information content (AvgIpc) is 3.28. The number of carbonyl (C=O) groups excluding carboxylic acids is 2. The molecule has 2 amide bonds. The topological polar surface area (TPSA) is 101 Å². The van der Waals surface area contributed by atoms with E-state index in [4.69, 9.17) is 4.52 Å². The van der Waals surface area contributed by atoms with Crippen molar-refractivity contribution in [2.24, 2.45) is 5.92 Å². The van der Waals surface area contributed by atoms with Crippen LogP contribution < -0.4 is 5.32 Å². The van der Waals surface area contributed by atoms with E-state index in [9.17, 15) is 9.59 Å². The third-order valence-electron chi connectivity index (χ3n) is 5.81. The molecule has 2 unspecified atom stereocenters. The fraction of sp³-hybridized carbons (Fsp3) is 0.375. The Morgan fingerprint density at radius 3 is 2.75 bits per heavy atom. The second-order valence-corrected chi connectivity index (χ2v) is 8.37. The monoisotopic (exact) mass is 433 g/mol. The fourth-order valence-electron chi connectivity index (χ4n) is 4.14. The van der Waals surface area contributed by atoms with E-state index in [0.717, 1.165) is 17.5 Å². The number of benzene rings is 1. The SMILES string of the molecule is CC(=O)N1CCc2ccccc2C1CC(=O)NC(c1nc(-c2cccnc2)no1)C(C)C. The summed E-state index contributed by atoms with van der Waals surface area (Å²) in [4.78, 5) is 35.7. The van der Waals surface area contributed by atoms with E-state index in [2.05, 4.69) is 26.5 Å². The second-order valence-electron chi connectivity index (χ2n) is 8.37. The third-order valence-corrected chi connectivity index (χ3v) is 5.81. The quantitative estimate of drug-likeness (QED) is 0.639. The molecule has 3 heterocycles. The summed E-state index contributed by atoms with van der Waals surface area (Å²) in [7, 11) is 0. The van der Waals surface area contributed by atoms with Gasteiger partial charge in [-0.25, -0.2) is 0 Å². The van der Waals surface area contributed by atoms with Crippen LogP contribution in [0.5, 0.6) is 0 Å². The zero-order valence-corrected chi connectivity index (χ0v) is 18.5. The molecular weight excluding hydrogens is 406 g/mol. The zero-order chi connectivity index (χ0) is 22.7. The van der Waals surface area contributed by atoms with Crippen molar-refractivity contribution in [3.63, 3.8) is 0 Å².